The first kappa shape index (κ1) is 20.9. The highest BCUT2D eigenvalue weighted by Crippen LogP contribution is 2.36. The first-order chi connectivity index (χ1) is 14.8. The number of rotatable bonds is 5. The molecule has 4 aromatic rings. The molecule has 0 unspecified atom stereocenters. The largest absolute Gasteiger partial charge is 0.353 e. The van der Waals surface area contributed by atoms with Crippen molar-refractivity contribution in [1.82, 2.24) is 9.82 Å². The van der Waals surface area contributed by atoms with Gasteiger partial charge in [-0.05, 0) is 56.5 Å². The molecule has 0 aliphatic carbocycles. The SMILES string of the molecule is C/C(=N\NS(=O)(=O)c1ccc(C)cc1)c1[nH]c2c(C)ccc(C)c2c1-c1ccccc1. The summed E-state index contributed by atoms with van der Waals surface area (Å²) in [6.45, 7) is 7.86. The van der Waals surface area contributed by atoms with E-state index < -0.39 is 10.0 Å². The second-order valence-electron chi connectivity index (χ2n) is 7.80. The van der Waals surface area contributed by atoms with Gasteiger partial charge in [0.15, 0.2) is 0 Å². The summed E-state index contributed by atoms with van der Waals surface area (Å²) in [6.07, 6.45) is 0. The van der Waals surface area contributed by atoms with E-state index in [2.05, 4.69) is 53.0 Å². The molecule has 31 heavy (non-hydrogen) atoms. The topological polar surface area (TPSA) is 74.3 Å². The number of nitrogens with zero attached hydrogens (tertiary/aromatic N) is 1. The van der Waals surface area contributed by atoms with E-state index in [0.717, 1.165) is 44.4 Å². The molecule has 158 valence electrons. The van der Waals surface area contributed by atoms with Crippen molar-refractivity contribution < 1.29 is 8.42 Å². The molecule has 3 aromatic carbocycles. The molecular weight excluding hydrogens is 406 g/mol. The van der Waals surface area contributed by atoms with Gasteiger partial charge in [0.05, 0.1) is 16.3 Å². The van der Waals surface area contributed by atoms with Crippen LogP contribution in [0.5, 0.6) is 0 Å². The summed E-state index contributed by atoms with van der Waals surface area (Å²) < 4.78 is 25.4. The number of aromatic amines is 1. The van der Waals surface area contributed by atoms with Crippen LogP contribution in [-0.2, 0) is 10.0 Å². The molecule has 0 atom stereocenters. The van der Waals surface area contributed by atoms with Crippen molar-refractivity contribution in [3.63, 3.8) is 0 Å². The molecule has 0 aliphatic heterocycles. The molecule has 6 heteroatoms. The summed E-state index contributed by atoms with van der Waals surface area (Å²) in [5.41, 5.74) is 7.72. The van der Waals surface area contributed by atoms with Crippen LogP contribution in [-0.4, -0.2) is 19.1 Å². The summed E-state index contributed by atoms with van der Waals surface area (Å²) in [4.78, 5) is 6.06. The van der Waals surface area contributed by atoms with E-state index >= 15 is 0 Å². The van der Waals surface area contributed by atoms with Gasteiger partial charge in [-0.3, -0.25) is 0 Å². The van der Waals surface area contributed by atoms with Gasteiger partial charge in [-0.15, -0.1) is 0 Å². The third kappa shape index (κ3) is 3.99. The molecular formula is C25H25N3O2S. The number of hydrogen-bond donors (Lipinski definition) is 2. The van der Waals surface area contributed by atoms with Crippen molar-refractivity contribution in [3.8, 4) is 11.1 Å². The molecule has 0 saturated heterocycles. The fraction of sp³-hybridized carbons (Fsp3) is 0.160. The van der Waals surface area contributed by atoms with Crippen LogP contribution in [0.4, 0.5) is 0 Å². The van der Waals surface area contributed by atoms with Crippen LogP contribution in [0.3, 0.4) is 0 Å². The Labute approximate surface area is 182 Å². The van der Waals surface area contributed by atoms with Crippen LogP contribution < -0.4 is 4.83 Å². The lowest BCUT2D eigenvalue weighted by Crippen LogP contribution is -2.20. The Morgan fingerprint density at radius 1 is 0.871 bits per heavy atom. The minimum atomic E-state index is -3.76. The third-order valence-electron chi connectivity index (χ3n) is 5.46. The van der Waals surface area contributed by atoms with E-state index in [4.69, 9.17) is 0 Å². The maximum absolute atomic E-state index is 12.7. The van der Waals surface area contributed by atoms with Crippen molar-refractivity contribution >= 4 is 26.6 Å². The van der Waals surface area contributed by atoms with Gasteiger partial charge in [0, 0.05) is 16.5 Å². The lowest BCUT2D eigenvalue weighted by molar-refractivity contribution is 0.584. The van der Waals surface area contributed by atoms with Gasteiger partial charge in [-0.1, -0.05) is 60.2 Å². The van der Waals surface area contributed by atoms with Crippen LogP contribution in [0, 0.1) is 20.8 Å². The van der Waals surface area contributed by atoms with Crippen LogP contribution in [0.15, 0.2) is 76.7 Å². The lowest BCUT2D eigenvalue weighted by atomic mass is 9.96. The number of aryl methyl sites for hydroxylation is 3. The quantitative estimate of drug-likeness (QED) is 0.325. The molecule has 1 aromatic heterocycles. The number of H-pyrrole nitrogens is 1. The standard InChI is InChI=1S/C25H25N3O2S/c1-16-10-14-21(15-11-16)31(29,30)28-27-19(4)25-23(20-8-6-5-7-9-20)22-17(2)12-13-18(3)24(22)26-25/h5-15,26,28H,1-4H3/b27-19+. The molecule has 5 nitrogen and oxygen atoms in total. The average molecular weight is 432 g/mol. The van der Waals surface area contributed by atoms with Crippen molar-refractivity contribution in [1.29, 1.82) is 0 Å². The Morgan fingerprint density at radius 2 is 1.52 bits per heavy atom. The number of sulfonamides is 1. The minimum absolute atomic E-state index is 0.182. The van der Waals surface area contributed by atoms with E-state index in [1.807, 2.05) is 25.1 Å². The molecule has 1 heterocycles. The summed E-state index contributed by atoms with van der Waals surface area (Å²) in [5, 5.41) is 5.38. The monoisotopic (exact) mass is 431 g/mol. The second kappa shape index (κ2) is 8.04. The Kier molecular flexibility index (Phi) is 5.41. The summed E-state index contributed by atoms with van der Waals surface area (Å²) in [7, 11) is -3.76. The summed E-state index contributed by atoms with van der Waals surface area (Å²) in [5.74, 6) is 0. The number of hydrogen-bond acceptors (Lipinski definition) is 3. The molecule has 0 spiro atoms. The number of hydrazone groups is 1. The first-order valence-corrected chi connectivity index (χ1v) is 11.6. The predicted molar refractivity (Wildman–Crippen MR) is 127 cm³/mol. The van der Waals surface area contributed by atoms with Crippen molar-refractivity contribution in [2.75, 3.05) is 0 Å². The highest BCUT2D eigenvalue weighted by Gasteiger charge is 2.19. The summed E-state index contributed by atoms with van der Waals surface area (Å²) >= 11 is 0. The van der Waals surface area contributed by atoms with Crippen LogP contribution in [0.2, 0.25) is 0 Å². The molecule has 0 saturated carbocycles. The molecule has 4 rings (SSSR count). The van der Waals surface area contributed by atoms with E-state index in [1.54, 1.807) is 31.2 Å². The zero-order valence-corrected chi connectivity index (χ0v) is 18.8. The maximum atomic E-state index is 12.7. The number of benzene rings is 3. The Bertz CT molecular complexity index is 1380. The van der Waals surface area contributed by atoms with Gasteiger partial charge in [0.25, 0.3) is 10.0 Å². The number of fused-ring (bicyclic) bond motifs is 1. The van der Waals surface area contributed by atoms with Crippen LogP contribution in [0.1, 0.15) is 29.3 Å². The van der Waals surface area contributed by atoms with E-state index in [1.165, 1.54) is 0 Å². The van der Waals surface area contributed by atoms with E-state index in [0.29, 0.717) is 5.71 Å². The Balaban J connectivity index is 1.83. The van der Waals surface area contributed by atoms with E-state index in [-0.39, 0.29) is 4.90 Å². The zero-order chi connectivity index (χ0) is 22.2. The van der Waals surface area contributed by atoms with Crippen molar-refractivity contribution in [3.05, 3.63) is 89.1 Å². The number of aromatic nitrogens is 1. The average Bonchev–Trinajstić information content (AvgIpc) is 3.18. The number of nitrogens with one attached hydrogen (secondary N) is 2. The fourth-order valence-corrected chi connectivity index (χ4v) is 4.58. The highest BCUT2D eigenvalue weighted by molar-refractivity contribution is 7.89. The molecule has 0 amide bonds. The molecule has 0 aliphatic rings. The van der Waals surface area contributed by atoms with Gasteiger partial charge in [0.1, 0.15) is 0 Å². The van der Waals surface area contributed by atoms with Crippen molar-refractivity contribution in [2.24, 2.45) is 5.10 Å². The van der Waals surface area contributed by atoms with Gasteiger partial charge in [0.2, 0.25) is 0 Å². The molecule has 2 N–H and O–H groups in total. The van der Waals surface area contributed by atoms with Gasteiger partial charge in [-0.25, -0.2) is 0 Å². The normalized spacial score (nSPS) is 12.3. The zero-order valence-electron chi connectivity index (χ0n) is 18.0. The van der Waals surface area contributed by atoms with Gasteiger partial charge >= 0.3 is 0 Å². The predicted octanol–water partition coefficient (Wildman–Crippen LogP) is 5.46. The summed E-state index contributed by atoms with van der Waals surface area (Å²) in [6, 6.07) is 21.0. The molecule has 0 radical (unpaired) electrons. The second-order valence-corrected chi connectivity index (χ2v) is 9.46. The van der Waals surface area contributed by atoms with Crippen LogP contribution in [0.25, 0.3) is 22.0 Å². The van der Waals surface area contributed by atoms with Gasteiger partial charge in [-0.2, -0.15) is 18.4 Å². The lowest BCUT2D eigenvalue weighted by Gasteiger charge is -2.08. The van der Waals surface area contributed by atoms with Crippen LogP contribution >= 0.6 is 0 Å². The highest BCUT2D eigenvalue weighted by atomic mass is 32.2. The van der Waals surface area contributed by atoms with Gasteiger partial charge < -0.3 is 4.98 Å². The minimum Gasteiger partial charge on any atom is -0.353 e. The molecule has 0 bridgehead atoms. The van der Waals surface area contributed by atoms with E-state index in [9.17, 15) is 8.42 Å². The maximum Gasteiger partial charge on any atom is 0.276 e. The van der Waals surface area contributed by atoms with Crippen molar-refractivity contribution in [2.45, 2.75) is 32.6 Å². The Hall–Kier alpha value is -3.38. The third-order valence-corrected chi connectivity index (χ3v) is 6.69. The first-order valence-electron chi connectivity index (χ1n) is 10.1. The Morgan fingerprint density at radius 3 is 2.19 bits per heavy atom. The fourth-order valence-electron chi connectivity index (χ4n) is 3.73. The molecule has 0 fully saturated rings. The smallest absolute Gasteiger partial charge is 0.276 e.